The molecular formula is C18H19BrN2O2S. The minimum Gasteiger partial charge on any atom is -0.493 e. The van der Waals surface area contributed by atoms with Crippen LogP contribution in [-0.2, 0) is 0 Å². The van der Waals surface area contributed by atoms with Gasteiger partial charge in [-0.3, -0.25) is 10.1 Å². The Morgan fingerprint density at radius 2 is 1.96 bits per heavy atom. The van der Waals surface area contributed by atoms with E-state index in [4.69, 9.17) is 17.0 Å². The molecule has 0 saturated heterocycles. The normalized spacial score (nSPS) is 10.2. The molecule has 0 aliphatic rings. The average Bonchev–Trinajstić information content (AvgIpc) is 2.52. The number of halogens is 1. The van der Waals surface area contributed by atoms with Crippen LogP contribution in [0.3, 0.4) is 0 Å². The van der Waals surface area contributed by atoms with E-state index < -0.39 is 0 Å². The third kappa shape index (κ3) is 4.79. The molecule has 4 nitrogen and oxygen atoms in total. The molecule has 0 aliphatic carbocycles. The number of aryl methyl sites for hydroxylation is 2. The number of nitrogens with one attached hydrogen (secondary N) is 2. The molecule has 24 heavy (non-hydrogen) atoms. The second-order valence-corrected chi connectivity index (χ2v) is 6.62. The van der Waals surface area contributed by atoms with Gasteiger partial charge in [0.1, 0.15) is 5.75 Å². The van der Waals surface area contributed by atoms with Crippen molar-refractivity contribution in [3.05, 3.63) is 57.6 Å². The van der Waals surface area contributed by atoms with Crippen LogP contribution >= 0.6 is 28.1 Å². The summed E-state index contributed by atoms with van der Waals surface area (Å²) in [6, 6.07) is 11.3. The summed E-state index contributed by atoms with van der Waals surface area (Å²) in [5.41, 5.74) is 3.52. The van der Waals surface area contributed by atoms with E-state index in [1.807, 2.05) is 45.0 Å². The standard InChI is InChI=1S/C18H19BrN2O2S/c1-4-23-16-8-6-13(19)10-14(16)17(22)21-18(24)20-15-7-5-11(2)9-12(15)3/h5-10H,4H2,1-3H3,(H2,20,21,22,24). The van der Waals surface area contributed by atoms with Gasteiger partial charge in [0.05, 0.1) is 12.2 Å². The number of anilines is 1. The van der Waals surface area contributed by atoms with E-state index >= 15 is 0 Å². The minimum absolute atomic E-state index is 0.245. The minimum atomic E-state index is -0.318. The Morgan fingerprint density at radius 3 is 2.62 bits per heavy atom. The van der Waals surface area contributed by atoms with Crippen molar-refractivity contribution in [2.45, 2.75) is 20.8 Å². The Morgan fingerprint density at radius 1 is 1.21 bits per heavy atom. The monoisotopic (exact) mass is 406 g/mol. The van der Waals surface area contributed by atoms with Crippen LogP contribution in [0.5, 0.6) is 5.75 Å². The van der Waals surface area contributed by atoms with Crippen molar-refractivity contribution in [1.29, 1.82) is 0 Å². The molecule has 0 fully saturated rings. The first kappa shape index (κ1) is 18.4. The number of ether oxygens (including phenoxy) is 1. The maximum Gasteiger partial charge on any atom is 0.261 e. The van der Waals surface area contributed by atoms with E-state index in [0.29, 0.717) is 17.9 Å². The molecule has 0 atom stereocenters. The van der Waals surface area contributed by atoms with E-state index in [2.05, 4.69) is 26.6 Å². The van der Waals surface area contributed by atoms with Crippen molar-refractivity contribution >= 4 is 44.9 Å². The van der Waals surface area contributed by atoms with Crippen LogP contribution < -0.4 is 15.4 Å². The lowest BCUT2D eigenvalue weighted by atomic mass is 10.1. The second kappa shape index (κ2) is 8.26. The predicted octanol–water partition coefficient (Wildman–Crippen LogP) is 4.59. The highest BCUT2D eigenvalue weighted by Gasteiger charge is 2.15. The van der Waals surface area contributed by atoms with Crippen molar-refractivity contribution in [2.75, 3.05) is 11.9 Å². The van der Waals surface area contributed by atoms with Crippen LogP contribution in [0, 0.1) is 13.8 Å². The lowest BCUT2D eigenvalue weighted by Crippen LogP contribution is -2.34. The molecule has 0 aliphatic heterocycles. The molecule has 0 saturated carbocycles. The summed E-state index contributed by atoms with van der Waals surface area (Å²) in [5.74, 6) is 0.203. The SMILES string of the molecule is CCOc1ccc(Br)cc1C(=O)NC(=S)Nc1ccc(C)cc1C. The third-order valence-electron chi connectivity index (χ3n) is 3.34. The van der Waals surface area contributed by atoms with E-state index in [-0.39, 0.29) is 11.0 Å². The molecule has 1 amide bonds. The molecule has 0 radical (unpaired) electrons. The number of rotatable bonds is 4. The number of benzene rings is 2. The summed E-state index contributed by atoms with van der Waals surface area (Å²) in [6.07, 6.45) is 0. The summed E-state index contributed by atoms with van der Waals surface area (Å²) in [6.45, 7) is 6.37. The average molecular weight is 407 g/mol. The molecule has 0 unspecified atom stereocenters. The number of hydrogen-bond acceptors (Lipinski definition) is 3. The molecule has 2 N–H and O–H groups in total. The van der Waals surface area contributed by atoms with Gasteiger partial charge < -0.3 is 10.1 Å². The lowest BCUT2D eigenvalue weighted by molar-refractivity contribution is 0.0974. The van der Waals surface area contributed by atoms with Crippen molar-refractivity contribution in [3.8, 4) is 5.75 Å². The van der Waals surface area contributed by atoms with E-state index in [0.717, 1.165) is 15.7 Å². The van der Waals surface area contributed by atoms with E-state index in [1.165, 1.54) is 5.56 Å². The molecule has 6 heteroatoms. The molecule has 0 aromatic heterocycles. The molecule has 0 bridgehead atoms. The van der Waals surface area contributed by atoms with Gasteiger partial charge in [-0.1, -0.05) is 33.6 Å². The highest BCUT2D eigenvalue weighted by molar-refractivity contribution is 9.10. The predicted molar refractivity (Wildman–Crippen MR) is 105 cm³/mol. The molecule has 0 heterocycles. The van der Waals surface area contributed by atoms with Gasteiger partial charge in [-0.25, -0.2) is 0 Å². The molecule has 2 rings (SSSR count). The van der Waals surface area contributed by atoms with Crippen molar-refractivity contribution in [3.63, 3.8) is 0 Å². The van der Waals surface area contributed by atoms with Gasteiger partial charge >= 0.3 is 0 Å². The fourth-order valence-corrected chi connectivity index (χ4v) is 2.80. The number of hydrogen-bond donors (Lipinski definition) is 2. The zero-order valence-corrected chi connectivity index (χ0v) is 16.2. The van der Waals surface area contributed by atoms with Crippen LogP contribution in [0.4, 0.5) is 5.69 Å². The Kier molecular flexibility index (Phi) is 6.34. The van der Waals surface area contributed by atoms with Crippen LogP contribution in [0.15, 0.2) is 40.9 Å². The topological polar surface area (TPSA) is 50.4 Å². The molecule has 0 spiro atoms. The van der Waals surface area contributed by atoms with Crippen LogP contribution in [-0.4, -0.2) is 17.6 Å². The van der Waals surface area contributed by atoms with Crippen molar-refractivity contribution in [1.82, 2.24) is 5.32 Å². The molecular weight excluding hydrogens is 388 g/mol. The fraction of sp³-hybridized carbons (Fsp3) is 0.222. The first-order valence-electron chi connectivity index (χ1n) is 7.52. The summed E-state index contributed by atoms with van der Waals surface area (Å²) >= 11 is 8.62. The first-order valence-corrected chi connectivity index (χ1v) is 8.72. The zero-order valence-electron chi connectivity index (χ0n) is 13.8. The van der Waals surface area contributed by atoms with Gasteiger partial charge in [-0.2, -0.15) is 0 Å². The Bertz CT molecular complexity index is 778. The van der Waals surface area contributed by atoms with Gasteiger partial charge in [0, 0.05) is 10.2 Å². The largest absolute Gasteiger partial charge is 0.493 e. The molecule has 2 aromatic carbocycles. The van der Waals surface area contributed by atoms with Crippen molar-refractivity contribution in [2.24, 2.45) is 0 Å². The molecule has 2 aromatic rings. The summed E-state index contributed by atoms with van der Waals surface area (Å²) in [5, 5.41) is 5.99. The lowest BCUT2D eigenvalue weighted by Gasteiger charge is -2.14. The zero-order chi connectivity index (χ0) is 17.7. The smallest absolute Gasteiger partial charge is 0.261 e. The number of thiocarbonyl (C=S) groups is 1. The highest BCUT2D eigenvalue weighted by atomic mass is 79.9. The Hall–Kier alpha value is -1.92. The van der Waals surface area contributed by atoms with Crippen molar-refractivity contribution < 1.29 is 9.53 Å². The molecule has 126 valence electrons. The van der Waals surface area contributed by atoms with E-state index in [9.17, 15) is 4.79 Å². The van der Waals surface area contributed by atoms with Gasteiger partial charge in [0.25, 0.3) is 5.91 Å². The third-order valence-corrected chi connectivity index (χ3v) is 4.04. The van der Waals surface area contributed by atoms with Gasteiger partial charge in [-0.15, -0.1) is 0 Å². The quantitative estimate of drug-likeness (QED) is 0.728. The van der Waals surface area contributed by atoms with Gasteiger partial charge in [-0.05, 0) is 62.8 Å². The number of carbonyl (C=O) groups is 1. The second-order valence-electron chi connectivity index (χ2n) is 5.30. The maximum absolute atomic E-state index is 12.5. The van der Waals surface area contributed by atoms with E-state index in [1.54, 1.807) is 12.1 Å². The summed E-state index contributed by atoms with van der Waals surface area (Å²) in [4.78, 5) is 12.5. The Labute approximate surface area is 155 Å². The maximum atomic E-state index is 12.5. The fourth-order valence-electron chi connectivity index (χ4n) is 2.24. The van der Waals surface area contributed by atoms with Gasteiger partial charge in [0.15, 0.2) is 5.11 Å². The van der Waals surface area contributed by atoms with Gasteiger partial charge in [0.2, 0.25) is 0 Å². The van der Waals surface area contributed by atoms with Crippen LogP contribution in [0.2, 0.25) is 0 Å². The van der Waals surface area contributed by atoms with Crippen LogP contribution in [0.1, 0.15) is 28.4 Å². The summed E-state index contributed by atoms with van der Waals surface area (Å²) in [7, 11) is 0. The number of carbonyl (C=O) groups excluding carboxylic acids is 1. The number of amides is 1. The highest BCUT2D eigenvalue weighted by Crippen LogP contribution is 2.23. The Balaban J connectivity index is 2.11. The summed E-state index contributed by atoms with van der Waals surface area (Å²) < 4.78 is 6.30. The first-order chi connectivity index (χ1) is 11.4. The van der Waals surface area contributed by atoms with Crippen LogP contribution in [0.25, 0.3) is 0 Å².